The van der Waals surface area contributed by atoms with Gasteiger partial charge in [-0.1, -0.05) is 76.9 Å². The molecule has 0 saturated carbocycles. The monoisotopic (exact) mass is 386 g/mol. The van der Waals surface area contributed by atoms with Crippen molar-refractivity contribution in [2.75, 3.05) is 19.8 Å². The van der Waals surface area contributed by atoms with Gasteiger partial charge in [0, 0.05) is 0 Å². The van der Waals surface area contributed by atoms with E-state index >= 15 is 0 Å². The Morgan fingerprint density at radius 3 is 2.19 bits per heavy atom. The summed E-state index contributed by atoms with van der Waals surface area (Å²) in [5.74, 6) is 0. The minimum Gasteiger partial charge on any atom is -0.394 e. The number of hydrogen-bond acceptors (Lipinski definition) is 5. The van der Waals surface area contributed by atoms with Crippen LogP contribution >= 0.6 is 0 Å². The van der Waals surface area contributed by atoms with E-state index < -0.39 is 31.0 Å². The molecule has 0 amide bonds. The maximum Gasteiger partial charge on any atom is 0.114 e. The zero-order chi connectivity index (χ0) is 19.7. The average molecular weight is 387 g/mol. The maximum absolute atomic E-state index is 10.0. The van der Waals surface area contributed by atoms with Gasteiger partial charge in [0.2, 0.25) is 0 Å². The molecule has 0 aliphatic carbocycles. The minimum atomic E-state index is -1.06. The fourth-order valence-electron chi connectivity index (χ4n) is 3.48. The largest absolute Gasteiger partial charge is 0.394 e. The van der Waals surface area contributed by atoms with Gasteiger partial charge in [-0.05, 0) is 19.3 Å². The third kappa shape index (κ3) is 11.2. The molecule has 1 saturated heterocycles. The smallest absolute Gasteiger partial charge is 0.114 e. The molecule has 0 bridgehead atoms. The normalized spacial score (nSPS) is 24.1. The van der Waals surface area contributed by atoms with Crippen molar-refractivity contribution in [3.63, 3.8) is 0 Å². The van der Waals surface area contributed by atoms with Crippen molar-refractivity contribution in [1.82, 2.24) is 0 Å². The first kappa shape index (κ1) is 24.6. The van der Waals surface area contributed by atoms with Crippen LogP contribution in [0.25, 0.3) is 0 Å². The van der Waals surface area contributed by atoms with Gasteiger partial charge < -0.3 is 24.8 Å². The second-order valence-corrected chi connectivity index (χ2v) is 7.68. The third-order valence-electron chi connectivity index (χ3n) is 5.24. The number of aliphatic hydroxyl groups is 3. The Morgan fingerprint density at radius 2 is 1.56 bits per heavy atom. The fraction of sp³-hybridized carbons (Fsp3) is 0.909. The molecule has 0 unspecified atom stereocenters. The van der Waals surface area contributed by atoms with E-state index in [1.54, 1.807) is 0 Å². The van der Waals surface area contributed by atoms with E-state index in [0.29, 0.717) is 6.61 Å². The highest BCUT2D eigenvalue weighted by Crippen LogP contribution is 2.20. The van der Waals surface area contributed by atoms with E-state index in [1.807, 2.05) is 0 Å². The van der Waals surface area contributed by atoms with Gasteiger partial charge in [-0.25, -0.2) is 0 Å². The Balaban J connectivity index is 1.88. The summed E-state index contributed by atoms with van der Waals surface area (Å²) in [5, 5.41) is 28.5. The number of aliphatic hydroxyl groups excluding tert-OH is 3. The zero-order valence-corrected chi connectivity index (χ0v) is 17.2. The molecule has 1 aliphatic heterocycles. The van der Waals surface area contributed by atoms with Gasteiger partial charge in [-0.3, -0.25) is 0 Å². The number of ether oxygens (including phenoxy) is 2. The minimum absolute atomic E-state index is 0.255. The van der Waals surface area contributed by atoms with Crippen LogP contribution in [0.4, 0.5) is 0 Å². The first-order valence-electron chi connectivity index (χ1n) is 11.1. The average Bonchev–Trinajstić information content (AvgIpc) is 3.04. The molecule has 0 radical (unpaired) electrons. The molecule has 27 heavy (non-hydrogen) atoms. The van der Waals surface area contributed by atoms with Gasteiger partial charge in [-0.15, -0.1) is 0 Å². The van der Waals surface area contributed by atoms with Gasteiger partial charge in [0.25, 0.3) is 0 Å². The lowest BCUT2D eigenvalue weighted by Crippen LogP contribution is -2.41. The lowest BCUT2D eigenvalue weighted by molar-refractivity contribution is -0.0726. The molecule has 0 spiro atoms. The van der Waals surface area contributed by atoms with Crippen LogP contribution in [0.2, 0.25) is 0 Å². The second-order valence-electron chi connectivity index (χ2n) is 7.68. The van der Waals surface area contributed by atoms with E-state index in [4.69, 9.17) is 14.6 Å². The van der Waals surface area contributed by atoms with Crippen LogP contribution in [0.5, 0.6) is 0 Å². The van der Waals surface area contributed by atoms with Crippen molar-refractivity contribution < 1.29 is 24.8 Å². The van der Waals surface area contributed by atoms with Gasteiger partial charge in [0.15, 0.2) is 0 Å². The van der Waals surface area contributed by atoms with Crippen molar-refractivity contribution in [3.05, 3.63) is 12.2 Å². The van der Waals surface area contributed by atoms with E-state index in [2.05, 4.69) is 19.1 Å². The zero-order valence-electron chi connectivity index (χ0n) is 17.2. The van der Waals surface area contributed by atoms with E-state index in [1.165, 1.54) is 64.2 Å². The highest BCUT2D eigenvalue weighted by Gasteiger charge is 2.40. The molecular weight excluding hydrogens is 344 g/mol. The predicted molar refractivity (Wildman–Crippen MR) is 109 cm³/mol. The first-order valence-corrected chi connectivity index (χ1v) is 11.1. The Bertz CT molecular complexity index is 361. The van der Waals surface area contributed by atoms with E-state index in [-0.39, 0.29) is 6.61 Å². The molecule has 3 N–H and O–H groups in total. The van der Waals surface area contributed by atoms with Gasteiger partial charge in [-0.2, -0.15) is 0 Å². The lowest BCUT2D eigenvalue weighted by atomic mass is 10.1. The van der Waals surface area contributed by atoms with E-state index in [0.717, 1.165) is 12.8 Å². The van der Waals surface area contributed by atoms with Crippen molar-refractivity contribution in [1.29, 1.82) is 0 Å². The summed E-state index contributed by atoms with van der Waals surface area (Å²) >= 11 is 0. The fourth-order valence-corrected chi connectivity index (χ4v) is 3.48. The van der Waals surface area contributed by atoms with Crippen LogP contribution in [0.3, 0.4) is 0 Å². The molecule has 5 nitrogen and oxygen atoms in total. The first-order chi connectivity index (χ1) is 13.2. The highest BCUT2D eigenvalue weighted by atomic mass is 16.6. The standard InChI is InChI=1S/C22H42O5/c1-2-3-4-5-6-7-8-9-10-11-12-13-14-15-16-26-20-18-27-22(21(20)25)19(24)17-23/h13-14,19-25H,2-12,15-18H2,1H3/b14-13+/t19-,20+,21+,22+/m0/s1. The summed E-state index contributed by atoms with van der Waals surface area (Å²) < 4.78 is 10.9. The van der Waals surface area contributed by atoms with Crippen molar-refractivity contribution >= 4 is 0 Å². The van der Waals surface area contributed by atoms with Crippen LogP contribution in [0.1, 0.15) is 84.0 Å². The number of allylic oxidation sites excluding steroid dienone is 1. The lowest BCUT2D eigenvalue weighted by Gasteiger charge is -2.20. The molecule has 5 heteroatoms. The van der Waals surface area contributed by atoms with Crippen molar-refractivity contribution in [2.24, 2.45) is 0 Å². The molecular formula is C22H42O5. The van der Waals surface area contributed by atoms with Crippen LogP contribution in [0, 0.1) is 0 Å². The summed E-state index contributed by atoms with van der Waals surface area (Å²) in [6.07, 6.45) is 16.8. The predicted octanol–water partition coefficient (Wildman–Crippen LogP) is 3.74. The summed E-state index contributed by atoms with van der Waals surface area (Å²) in [7, 11) is 0. The van der Waals surface area contributed by atoms with Crippen LogP contribution in [0.15, 0.2) is 12.2 Å². The highest BCUT2D eigenvalue weighted by molar-refractivity contribution is 4.89. The summed E-state index contributed by atoms with van der Waals surface area (Å²) in [6, 6.07) is 0. The summed E-state index contributed by atoms with van der Waals surface area (Å²) in [6.45, 7) is 2.63. The van der Waals surface area contributed by atoms with Gasteiger partial charge in [0.1, 0.15) is 24.4 Å². The Labute approximate surface area is 165 Å². The van der Waals surface area contributed by atoms with Crippen LogP contribution in [-0.2, 0) is 9.47 Å². The molecule has 4 atom stereocenters. The van der Waals surface area contributed by atoms with Gasteiger partial charge >= 0.3 is 0 Å². The Morgan fingerprint density at radius 1 is 0.963 bits per heavy atom. The van der Waals surface area contributed by atoms with Crippen LogP contribution < -0.4 is 0 Å². The molecule has 1 rings (SSSR count). The third-order valence-corrected chi connectivity index (χ3v) is 5.24. The topological polar surface area (TPSA) is 79.2 Å². The summed E-state index contributed by atoms with van der Waals surface area (Å²) in [5.41, 5.74) is 0. The quantitative estimate of drug-likeness (QED) is 0.262. The van der Waals surface area contributed by atoms with Crippen molar-refractivity contribution in [2.45, 2.75) is 108 Å². The number of hydrogen-bond donors (Lipinski definition) is 3. The Hall–Kier alpha value is -0.460. The molecule has 1 aliphatic rings. The molecule has 1 fully saturated rings. The molecule has 0 aromatic carbocycles. The molecule has 0 aromatic rings. The summed E-state index contributed by atoms with van der Waals surface area (Å²) in [4.78, 5) is 0. The van der Waals surface area contributed by atoms with Crippen LogP contribution in [-0.4, -0.2) is 59.6 Å². The van der Waals surface area contributed by atoms with Crippen molar-refractivity contribution in [3.8, 4) is 0 Å². The number of rotatable bonds is 17. The Kier molecular flexibility index (Phi) is 15.0. The molecule has 160 valence electrons. The number of unbranched alkanes of at least 4 members (excludes halogenated alkanes) is 10. The van der Waals surface area contributed by atoms with Gasteiger partial charge in [0.05, 0.1) is 19.8 Å². The van der Waals surface area contributed by atoms with E-state index in [9.17, 15) is 10.2 Å². The SMILES string of the molecule is CCCCCCCCCCCC/C=C/CCO[C@@H]1CO[C@H]([C@@H](O)CO)[C@@H]1O. The molecule has 0 aromatic heterocycles. The maximum atomic E-state index is 10.0. The molecule has 1 heterocycles. The second kappa shape index (κ2) is 16.5.